The van der Waals surface area contributed by atoms with Gasteiger partial charge in [-0.15, -0.1) is 0 Å². The first-order valence-corrected chi connectivity index (χ1v) is 3.64. The van der Waals surface area contributed by atoms with Gasteiger partial charge in [0.25, 0.3) is 0 Å². The minimum absolute atomic E-state index is 0.0167. The molecule has 0 saturated heterocycles. The Labute approximate surface area is 73.2 Å². The van der Waals surface area contributed by atoms with Crippen LogP contribution in [0.15, 0.2) is 18.5 Å². The zero-order valence-corrected chi connectivity index (χ0v) is 6.61. The van der Waals surface area contributed by atoms with E-state index in [1.54, 1.807) is 12.3 Å². The lowest BCUT2D eigenvalue weighted by molar-refractivity contribution is 0.0692. The molecule has 5 nitrogen and oxygen atoms in total. The van der Waals surface area contributed by atoms with Crippen LogP contribution < -0.4 is 5.73 Å². The molecule has 2 rings (SSSR count). The highest BCUT2D eigenvalue weighted by Gasteiger charge is 2.13. The number of hydrogen-bond donors (Lipinski definition) is 3. The average molecular weight is 177 g/mol. The number of nitrogens with one attached hydrogen (secondary N) is 1. The van der Waals surface area contributed by atoms with Crippen LogP contribution in [-0.2, 0) is 0 Å². The summed E-state index contributed by atoms with van der Waals surface area (Å²) in [5, 5.41) is 9.37. The quantitative estimate of drug-likeness (QED) is 0.601. The highest BCUT2D eigenvalue weighted by Crippen LogP contribution is 2.23. The lowest BCUT2D eigenvalue weighted by atomic mass is 10.3. The lowest BCUT2D eigenvalue weighted by Gasteiger charge is -1.89. The predicted molar refractivity (Wildman–Crippen MR) is 47.5 cm³/mol. The second-order valence-corrected chi connectivity index (χ2v) is 2.64. The molecule has 0 aromatic carbocycles. The van der Waals surface area contributed by atoms with E-state index in [1.807, 2.05) is 0 Å². The van der Waals surface area contributed by atoms with E-state index in [2.05, 4.69) is 9.97 Å². The summed E-state index contributed by atoms with van der Waals surface area (Å²) in [5.74, 6) is -1.06. The van der Waals surface area contributed by atoms with Crippen LogP contribution in [0.25, 0.3) is 10.9 Å². The standard InChI is InChI=1S/C8H7N3O2/c9-6-4-3-10-2-1-5(4)11-7(6)8(12)13/h1-3,11H,9H2,(H,12,13). The molecular weight excluding hydrogens is 170 g/mol. The van der Waals surface area contributed by atoms with Crippen molar-refractivity contribution < 1.29 is 9.90 Å². The summed E-state index contributed by atoms with van der Waals surface area (Å²) in [4.78, 5) is 17.2. The van der Waals surface area contributed by atoms with Gasteiger partial charge >= 0.3 is 5.97 Å². The molecule has 0 bridgehead atoms. The Bertz CT molecular complexity index is 475. The highest BCUT2D eigenvalue weighted by molar-refractivity contribution is 6.04. The van der Waals surface area contributed by atoms with Gasteiger partial charge in [0.05, 0.1) is 11.2 Å². The molecular formula is C8H7N3O2. The first-order chi connectivity index (χ1) is 6.20. The van der Waals surface area contributed by atoms with Crippen LogP contribution in [0.5, 0.6) is 0 Å². The number of aromatic nitrogens is 2. The number of H-pyrrole nitrogens is 1. The summed E-state index contributed by atoms with van der Waals surface area (Å²) >= 11 is 0. The number of aromatic amines is 1. The molecule has 0 aliphatic carbocycles. The molecule has 5 heteroatoms. The maximum atomic E-state index is 10.7. The van der Waals surface area contributed by atoms with Gasteiger partial charge in [0.1, 0.15) is 5.69 Å². The first-order valence-electron chi connectivity index (χ1n) is 3.64. The van der Waals surface area contributed by atoms with Crippen molar-refractivity contribution in [1.29, 1.82) is 0 Å². The van der Waals surface area contributed by atoms with E-state index in [1.165, 1.54) is 6.20 Å². The van der Waals surface area contributed by atoms with Crippen LogP contribution in [-0.4, -0.2) is 21.0 Å². The van der Waals surface area contributed by atoms with Crippen LogP contribution >= 0.6 is 0 Å². The molecule has 0 radical (unpaired) electrons. The molecule has 0 aliphatic heterocycles. The Morgan fingerprint density at radius 1 is 1.62 bits per heavy atom. The first kappa shape index (κ1) is 7.60. The largest absolute Gasteiger partial charge is 0.477 e. The Morgan fingerprint density at radius 3 is 3.00 bits per heavy atom. The second kappa shape index (κ2) is 2.48. The van der Waals surface area contributed by atoms with E-state index in [0.717, 1.165) is 0 Å². The Morgan fingerprint density at radius 2 is 2.38 bits per heavy atom. The maximum absolute atomic E-state index is 10.7. The van der Waals surface area contributed by atoms with Gasteiger partial charge in [0.2, 0.25) is 0 Å². The van der Waals surface area contributed by atoms with Crippen LogP contribution in [0, 0.1) is 0 Å². The molecule has 0 fully saturated rings. The van der Waals surface area contributed by atoms with Gasteiger partial charge in [-0.1, -0.05) is 0 Å². The van der Waals surface area contributed by atoms with E-state index >= 15 is 0 Å². The van der Waals surface area contributed by atoms with Gasteiger partial charge in [-0.2, -0.15) is 0 Å². The maximum Gasteiger partial charge on any atom is 0.354 e. The van der Waals surface area contributed by atoms with Gasteiger partial charge in [-0.3, -0.25) is 4.98 Å². The summed E-state index contributed by atoms with van der Waals surface area (Å²) in [6, 6.07) is 1.68. The second-order valence-electron chi connectivity index (χ2n) is 2.64. The van der Waals surface area contributed by atoms with Crippen molar-refractivity contribution in [3.8, 4) is 0 Å². The van der Waals surface area contributed by atoms with E-state index in [0.29, 0.717) is 10.9 Å². The monoisotopic (exact) mass is 177 g/mol. The minimum atomic E-state index is -1.06. The number of carboxylic acid groups (broad SMARTS) is 1. The smallest absolute Gasteiger partial charge is 0.354 e. The summed E-state index contributed by atoms with van der Waals surface area (Å²) in [6.07, 6.45) is 3.11. The Balaban J connectivity index is 2.81. The number of hydrogen-bond acceptors (Lipinski definition) is 3. The van der Waals surface area contributed by atoms with Crippen LogP contribution in [0.2, 0.25) is 0 Å². The molecule has 0 unspecified atom stereocenters. The van der Waals surface area contributed by atoms with Gasteiger partial charge in [-0.05, 0) is 6.07 Å². The average Bonchev–Trinajstić information content (AvgIpc) is 2.45. The van der Waals surface area contributed by atoms with E-state index in [-0.39, 0.29) is 11.4 Å². The normalized spacial score (nSPS) is 10.5. The summed E-state index contributed by atoms with van der Waals surface area (Å²) in [5.41, 5.74) is 6.52. The van der Waals surface area contributed by atoms with Crippen molar-refractivity contribution >= 4 is 22.6 Å². The zero-order chi connectivity index (χ0) is 9.42. The number of anilines is 1. The number of carboxylic acids is 1. The molecule has 2 aromatic rings. The van der Waals surface area contributed by atoms with Crippen LogP contribution in [0.1, 0.15) is 10.5 Å². The van der Waals surface area contributed by atoms with Crippen molar-refractivity contribution in [2.45, 2.75) is 0 Å². The van der Waals surface area contributed by atoms with Crippen molar-refractivity contribution in [3.05, 3.63) is 24.2 Å². The zero-order valence-electron chi connectivity index (χ0n) is 6.61. The third-order valence-electron chi connectivity index (χ3n) is 1.85. The van der Waals surface area contributed by atoms with Crippen molar-refractivity contribution in [2.24, 2.45) is 0 Å². The SMILES string of the molecule is Nc1c(C(=O)O)[nH]c2ccncc12. The van der Waals surface area contributed by atoms with E-state index in [4.69, 9.17) is 10.8 Å². The number of nitrogen functional groups attached to an aromatic ring is 1. The predicted octanol–water partition coefficient (Wildman–Crippen LogP) is 0.843. The fourth-order valence-corrected chi connectivity index (χ4v) is 1.22. The fourth-order valence-electron chi connectivity index (χ4n) is 1.22. The van der Waals surface area contributed by atoms with Crippen molar-refractivity contribution in [2.75, 3.05) is 5.73 Å². The number of fused-ring (bicyclic) bond motifs is 1. The molecule has 13 heavy (non-hydrogen) atoms. The molecule has 0 amide bonds. The summed E-state index contributed by atoms with van der Waals surface area (Å²) in [6.45, 7) is 0. The van der Waals surface area contributed by atoms with Gasteiger partial charge in [0.15, 0.2) is 0 Å². The van der Waals surface area contributed by atoms with Crippen LogP contribution in [0.3, 0.4) is 0 Å². The topological polar surface area (TPSA) is 92.0 Å². The Hall–Kier alpha value is -2.04. The molecule has 0 spiro atoms. The highest BCUT2D eigenvalue weighted by atomic mass is 16.4. The van der Waals surface area contributed by atoms with Gasteiger partial charge in [0, 0.05) is 17.8 Å². The fraction of sp³-hybridized carbons (Fsp3) is 0. The van der Waals surface area contributed by atoms with Gasteiger partial charge < -0.3 is 15.8 Å². The molecule has 4 N–H and O–H groups in total. The molecule has 2 heterocycles. The van der Waals surface area contributed by atoms with Gasteiger partial charge in [-0.25, -0.2) is 4.79 Å². The van der Waals surface area contributed by atoms with E-state index in [9.17, 15) is 4.79 Å². The number of pyridine rings is 1. The minimum Gasteiger partial charge on any atom is -0.477 e. The number of carbonyl (C=O) groups is 1. The van der Waals surface area contributed by atoms with E-state index < -0.39 is 5.97 Å². The number of nitrogens with zero attached hydrogens (tertiary/aromatic N) is 1. The summed E-state index contributed by atoms with van der Waals surface area (Å²) < 4.78 is 0. The molecule has 0 aliphatic rings. The number of aromatic carboxylic acids is 1. The van der Waals surface area contributed by atoms with Crippen LogP contribution in [0.4, 0.5) is 5.69 Å². The molecule has 66 valence electrons. The third-order valence-corrected chi connectivity index (χ3v) is 1.85. The summed E-state index contributed by atoms with van der Waals surface area (Å²) in [7, 11) is 0. The number of nitrogens with two attached hydrogens (primary N) is 1. The van der Waals surface area contributed by atoms with Crippen molar-refractivity contribution in [3.63, 3.8) is 0 Å². The molecule has 0 atom stereocenters. The molecule has 2 aromatic heterocycles. The third kappa shape index (κ3) is 1.01. The molecule has 0 saturated carbocycles. The lowest BCUT2D eigenvalue weighted by Crippen LogP contribution is -2.00. The number of rotatable bonds is 1. The Kier molecular flexibility index (Phi) is 1.45. The van der Waals surface area contributed by atoms with Crippen molar-refractivity contribution in [1.82, 2.24) is 9.97 Å².